The highest BCUT2D eigenvalue weighted by atomic mass is 16.3. The minimum Gasteiger partial charge on any atom is -0.392 e. The lowest BCUT2D eigenvalue weighted by molar-refractivity contribution is 0.206. The predicted molar refractivity (Wildman–Crippen MR) is 57.9 cm³/mol. The molecule has 15 heavy (non-hydrogen) atoms. The molecule has 0 aromatic carbocycles. The minimum atomic E-state index is -0.610. The van der Waals surface area contributed by atoms with Crippen LogP contribution in [0.1, 0.15) is 0 Å². The van der Waals surface area contributed by atoms with Crippen LogP contribution in [0.5, 0.6) is 0 Å². The van der Waals surface area contributed by atoms with Crippen LogP contribution >= 0.6 is 0 Å². The van der Waals surface area contributed by atoms with Crippen LogP contribution in [0.25, 0.3) is 0 Å². The normalized spacial score (nSPS) is 30.3. The van der Waals surface area contributed by atoms with Gasteiger partial charge in [0, 0.05) is 12.5 Å². The van der Waals surface area contributed by atoms with Crippen LogP contribution in [-0.2, 0) is 0 Å². The monoisotopic (exact) mass is 208 g/mol. The Kier molecular flexibility index (Phi) is 2.90. The Morgan fingerprint density at radius 1 is 1.53 bits per heavy atom. The molecule has 2 aliphatic rings. The Morgan fingerprint density at radius 3 is 3.00 bits per heavy atom. The molecule has 4 nitrogen and oxygen atoms in total. The van der Waals surface area contributed by atoms with Gasteiger partial charge >= 0.3 is 0 Å². The van der Waals surface area contributed by atoms with Crippen LogP contribution < -0.4 is 11.1 Å². The summed E-state index contributed by atoms with van der Waals surface area (Å²) in [5.41, 5.74) is 7.29. The second-order valence-corrected chi connectivity index (χ2v) is 3.85. The Hall–Kier alpha value is -1.10. The fourth-order valence-electron chi connectivity index (χ4n) is 2.14. The molecule has 0 spiro atoms. The van der Waals surface area contributed by atoms with Gasteiger partial charge in [0.2, 0.25) is 0 Å². The van der Waals surface area contributed by atoms with Crippen molar-refractivity contribution in [1.82, 2.24) is 5.32 Å². The minimum absolute atomic E-state index is 0.0461. The SMILES string of the molecule is NCC(O)C1=CC=CC2C(CO)=CNC12. The summed E-state index contributed by atoms with van der Waals surface area (Å²) in [6, 6.07) is 0.0516. The van der Waals surface area contributed by atoms with Gasteiger partial charge in [-0.2, -0.15) is 0 Å². The third kappa shape index (κ3) is 1.71. The molecule has 3 atom stereocenters. The summed E-state index contributed by atoms with van der Waals surface area (Å²) in [6.45, 7) is 0.267. The molecule has 2 rings (SSSR count). The van der Waals surface area contributed by atoms with Gasteiger partial charge in [0.1, 0.15) is 0 Å². The molecule has 4 heteroatoms. The second kappa shape index (κ2) is 4.18. The number of rotatable bonds is 3. The van der Waals surface area contributed by atoms with Crippen molar-refractivity contribution in [3.05, 3.63) is 35.6 Å². The molecule has 0 amide bonds. The van der Waals surface area contributed by atoms with E-state index in [0.717, 1.165) is 11.1 Å². The van der Waals surface area contributed by atoms with E-state index in [1.807, 2.05) is 24.4 Å². The average molecular weight is 208 g/mol. The van der Waals surface area contributed by atoms with E-state index in [2.05, 4.69) is 5.32 Å². The zero-order valence-electron chi connectivity index (χ0n) is 8.43. The van der Waals surface area contributed by atoms with Gasteiger partial charge in [0.05, 0.1) is 18.8 Å². The van der Waals surface area contributed by atoms with E-state index < -0.39 is 6.10 Å². The number of aliphatic hydroxyl groups is 2. The molecule has 0 radical (unpaired) electrons. The molecule has 1 aliphatic carbocycles. The predicted octanol–water partition coefficient (Wildman–Crippen LogP) is -0.734. The second-order valence-electron chi connectivity index (χ2n) is 3.85. The Morgan fingerprint density at radius 2 is 2.33 bits per heavy atom. The van der Waals surface area contributed by atoms with Gasteiger partial charge in [-0.25, -0.2) is 0 Å². The van der Waals surface area contributed by atoms with Crippen molar-refractivity contribution < 1.29 is 10.2 Å². The molecule has 5 N–H and O–H groups in total. The molecular formula is C11H16N2O2. The first-order valence-electron chi connectivity index (χ1n) is 5.10. The molecule has 0 saturated heterocycles. The topological polar surface area (TPSA) is 78.5 Å². The molecule has 82 valence electrons. The summed E-state index contributed by atoms with van der Waals surface area (Å²) in [4.78, 5) is 0. The van der Waals surface area contributed by atoms with Gasteiger partial charge in [0.25, 0.3) is 0 Å². The number of aliphatic hydroxyl groups excluding tert-OH is 2. The number of allylic oxidation sites excluding steroid dienone is 2. The molecule has 1 aliphatic heterocycles. The van der Waals surface area contributed by atoms with E-state index in [0.29, 0.717) is 0 Å². The zero-order valence-corrected chi connectivity index (χ0v) is 8.43. The highest BCUT2D eigenvalue weighted by Crippen LogP contribution is 2.31. The van der Waals surface area contributed by atoms with Gasteiger partial charge in [-0.15, -0.1) is 0 Å². The van der Waals surface area contributed by atoms with Crippen molar-refractivity contribution in [2.45, 2.75) is 12.1 Å². The zero-order chi connectivity index (χ0) is 10.8. The first-order valence-corrected chi connectivity index (χ1v) is 5.10. The molecular weight excluding hydrogens is 192 g/mol. The van der Waals surface area contributed by atoms with E-state index >= 15 is 0 Å². The maximum absolute atomic E-state index is 9.74. The van der Waals surface area contributed by atoms with E-state index in [1.54, 1.807) is 0 Å². The van der Waals surface area contributed by atoms with Crippen molar-refractivity contribution in [3.63, 3.8) is 0 Å². The fourth-order valence-corrected chi connectivity index (χ4v) is 2.14. The van der Waals surface area contributed by atoms with Gasteiger partial charge in [-0.05, 0) is 17.3 Å². The van der Waals surface area contributed by atoms with Crippen molar-refractivity contribution in [2.24, 2.45) is 11.7 Å². The number of nitrogens with two attached hydrogens (primary N) is 1. The summed E-state index contributed by atoms with van der Waals surface area (Å²) in [6.07, 6.45) is 7.04. The van der Waals surface area contributed by atoms with Crippen LogP contribution in [0, 0.1) is 5.92 Å². The van der Waals surface area contributed by atoms with Gasteiger partial charge in [0.15, 0.2) is 0 Å². The van der Waals surface area contributed by atoms with Crippen LogP contribution in [-0.4, -0.2) is 35.5 Å². The van der Waals surface area contributed by atoms with Crippen LogP contribution in [0.2, 0.25) is 0 Å². The Labute approximate surface area is 88.8 Å². The summed E-state index contributed by atoms with van der Waals surface area (Å²) in [5.74, 6) is 0.149. The first kappa shape index (κ1) is 10.4. The lowest BCUT2D eigenvalue weighted by Crippen LogP contribution is -2.38. The first-order chi connectivity index (χ1) is 7.27. The van der Waals surface area contributed by atoms with E-state index in [9.17, 15) is 5.11 Å². The third-order valence-corrected chi connectivity index (χ3v) is 2.99. The van der Waals surface area contributed by atoms with Gasteiger partial charge in [-0.1, -0.05) is 18.2 Å². The molecule has 1 heterocycles. The molecule has 0 aromatic rings. The maximum atomic E-state index is 9.74. The summed E-state index contributed by atoms with van der Waals surface area (Å²) in [7, 11) is 0. The molecule has 0 saturated carbocycles. The molecule has 3 unspecified atom stereocenters. The lowest BCUT2D eigenvalue weighted by Gasteiger charge is -2.27. The standard InChI is InChI=1S/C11H16N2O2/c12-4-10(15)9-3-1-2-8-7(6-14)5-13-11(8)9/h1-3,5,8,10-11,13-15H,4,6,12H2. The fraction of sp³-hybridized carbons (Fsp3) is 0.455. The number of nitrogens with one attached hydrogen (secondary N) is 1. The molecule has 0 bridgehead atoms. The highest BCUT2D eigenvalue weighted by molar-refractivity contribution is 5.38. The summed E-state index contributed by atoms with van der Waals surface area (Å²) in [5, 5.41) is 22.0. The van der Waals surface area contributed by atoms with Crippen LogP contribution in [0.3, 0.4) is 0 Å². The van der Waals surface area contributed by atoms with Crippen molar-refractivity contribution in [1.29, 1.82) is 0 Å². The lowest BCUT2D eigenvalue weighted by atomic mass is 9.84. The largest absolute Gasteiger partial charge is 0.392 e. The van der Waals surface area contributed by atoms with Crippen molar-refractivity contribution in [2.75, 3.05) is 13.2 Å². The Bertz CT molecular complexity index is 333. The average Bonchev–Trinajstić information content (AvgIpc) is 2.70. The van der Waals surface area contributed by atoms with E-state index in [1.165, 1.54) is 0 Å². The van der Waals surface area contributed by atoms with Crippen LogP contribution in [0.4, 0.5) is 0 Å². The highest BCUT2D eigenvalue weighted by Gasteiger charge is 2.33. The Balaban J connectivity index is 2.19. The quantitative estimate of drug-likeness (QED) is 0.493. The van der Waals surface area contributed by atoms with E-state index in [-0.39, 0.29) is 25.1 Å². The van der Waals surface area contributed by atoms with E-state index in [4.69, 9.17) is 10.8 Å². The van der Waals surface area contributed by atoms with Gasteiger partial charge in [-0.3, -0.25) is 0 Å². The summed E-state index contributed by atoms with van der Waals surface area (Å²) >= 11 is 0. The van der Waals surface area contributed by atoms with Gasteiger partial charge < -0.3 is 21.3 Å². The number of hydrogen-bond donors (Lipinski definition) is 4. The van der Waals surface area contributed by atoms with Crippen molar-refractivity contribution in [3.8, 4) is 0 Å². The number of hydrogen-bond acceptors (Lipinski definition) is 4. The smallest absolute Gasteiger partial charge is 0.0895 e. The molecule has 0 aromatic heterocycles. The third-order valence-electron chi connectivity index (χ3n) is 2.99. The maximum Gasteiger partial charge on any atom is 0.0895 e. The molecule has 0 fully saturated rings. The van der Waals surface area contributed by atoms with Crippen molar-refractivity contribution >= 4 is 0 Å². The van der Waals surface area contributed by atoms with Crippen LogP contribution in [0.15, 0.2) is 35.6 Å². The summed E-state index contributed by atoms with van der Waals surface area (Å²) < 4.78 is 0. The number of fused-ring (bicyclic) bond motifs is 1.